The van der Waals surface area contributed by atoms with Gasteiger partial charge in [-0.15, -0.1) is 0 Å². The number of carbonyl (C=O) groups excluding carboxylic acids is 1. The smallest absolute Gasteiger partial charge is 0.142 e. The van der Waals surface area contributed by atoms with Gasteiger partial charge in [0.15, 0.2) is 0 Å². The SMILES string of the molecule is O=C(Cc1ccc(Cl)c(F)c1)Cc1c(Cl)cccc1Cl. The molecule has 0 atom stereocenters. The van der Waals surface area contributed by atoms with Crippen molar-refractivity contribution in [3.63, 3.8) is 0 Å². The summed E-state index contributed by atoms with van der Waals surface area (Å²) in [6, 6.07) is 9.39. The average molecular weight is 332 g/mol. The van der Waals surface area contributed by atoms with Gasteiger partial charge in [-0.25, -0.2) is 4.39 Å². The van der Waals surface area contributed by atoms with E-state index in [0.717, 1.165) is 0 Å². The Labute approximate surface area is 131 Å². The second-order valence-electron chi connectivity index (χ2n) is 4.34. The van der Waals surface area contributed by atoms with Gasteiger partial charge < -0.3 is 0 Å². The van der Waals surface area contributed by atoms with Crippen molar-refractivity contribution >= 4 is 40.6 Å². The number of ketones is 1. The van der Waals surface area contributed by atoms with E-state index in [1.807, 2.05) is 0 Å². The zero-order chi connectivity index (χ0) is 14.7. The molecule has 0 bridgehead atoms. The highest BCUT2D eigenvalue weighted by atomic mass is 35.5. The molecule has 20 heavy (non-hydrogen) atoms. The van der Waals surface area contributed by atoms with E-state index in [9.17, 15) is 9.18 Å². The third kappa shape index (κ3) is 3.72. The lowest BCUT2D eigenvalue weighted by atomic mass is 10.0. The molecule has 0 saturated heterocycles. The largest absolute Gasteiger partial charge is 0.299 e. The van der Waals surface area contributed by atoms with Crippen LogP contribution in [0.3, 0.4) is 0 Å². The maximum Gasteiger partial charge on any atom is 0.142 e. The number of hydrogen-bond donors (Lipinski definition) is 0. The van der Waals surface area contributed by atoms with Crippen molar-refractivity contribution in [2.24, 2.45) is 0 Å². The molecule has 0 saturated carbocycles. The summed E-state index contributed by atoms with van der Waals surface area (Å²) in [5, 5.41) is 0.941. The fraction of sp³-hybridized carbons (Fsp3) is 0.133. The van der Waals surface area contributed by atoms with Gasteiger partial charge in [0.05, 0.1) is 5.02 Å². The van der Waals surface area contributed by atoms with Crippen LogP contribution in [0.25, 0.3) is 0 Å². The maximum atomic E-state index is 13.3. The van der Waals surface area contributed by atoms with Crippen LogP contribution < -0.4 is 0 Å². The van der Waals surface area contributed by atoms with E-state index in [1.54, 1.807) is 24.3 Å². The summed E-state index contributed by atoms with van der Waals surface area (Å²) in [7, 11) is 0. The molecule has 0 aromatic heterocycles. The second kappa shape index (κ2) is 6.57. The minimum absolute atomic E-state index is 0.0374. The first-order valence-corrected chi connectivity index (χ1v) is 6.99. The molecule has 104 valence electrons. The van der Waals surface area contributed by atoms with Gasteiger partial charge in [-0.3, -0.25) is 4.79 Å². The molecule has 5 heteroatoms. The molecular weight excluding hydrogens is 322 g/mol. The van der Waals surface area contributed by atoms with Gasteiger partial charge in [-0.05, 0) is 35.4 Å². The van der Waals surface area contributed by atoms with Gasteiger partial charge in [0.1, 0.15) is 11.6 Å². The van der Waals surface area contributed by atoms with Crippen molar-refractivity contribution in [3.8, 4) is 0 Å². The van der Waals surface area contributed by atoms with Gasteiger partial charge in [0.25, 0.3) is 0 Å². The van der Waals surface area contributed by atoms with Crippen molar-refractivity contribution < 1.29 is 9.18 Å². The monoisotopic (exact) mass is 330 g/mol. The highest BCUT2D eigenvalue weighted by Crippen LogP contribution is 2.25. The molecule has 2 rings (SSSR count). The average Bonchev–Trinajstić information content (AvgIpc) is 2.38. The summed E-state index contributed by atoms with van der Waals surface area (Å²) in [6.45, 7) is 0. The second-order valence-corrected chi connectivity index (χ2v) is 5.56. The molecule has 0 heterocycles. The Hall–Kier alpha value is -1.09. The van der Waals surface area contributed by atoms with E-state index in [-0.39, 0.29) is 23.6 Å². The lowest BCUT2D eigenvalue weighted by Gasteiger charge is -2.06. The maximum absolute atomic E-state index is 13.3. The summed E-state index contributed by atoms with van der Waals surface area (Å²) < 4.78 is 13.3. The van der Waals surface area contributed by atoms with E-state index >= 15 is 0 Å². The third-order valence-electron chi connectivity index (χ3n) is 2.82. The van der Waals surface area contributed by atoms with Crippen LogP contribution in [0, 0.1) is 5.82 Å². The molecule has 2 aromatic carbocycles. The molecule has 0 aliphatic heterocycles. The van der Waals surface area contributed by atoms with Crippen molar-refractivity contribution in [2.45, 2.75) is 12.8 Å². The minimum Gasteiger partial charge on any atom is -0.299 e. The molecule has 1 nitrogen and oxygen atoms in total. The van der Waals surface area contributed by atoms with Gasteiger partial charge in [0, 0.05) is 22.9 Å². The first-order chi connectivity index (χ1) is 9.47. The van der Waals surface area contributed by atoms with Crippen molar-refractivity contribution in [1.29, 1.82) is 0 Å². The highest BCUT2D eigenvalue weighted by Gasteiger charge is 2.12. The molecule has 0 spiro atoms. The van der Waals surface area contributed by atoms with Crippen LogP contribution in [0.1, 0.15) is 11.1 Å². The minimum atomic E-state index is -0.534. The van der Waals surface area contributed by atoms with E-state index in [4.69, 9.17) is 34.8 Å². The molecule has 0 radical (unpaired) electrons. The molecule has 0 aliphatic rings. The molecular formula is C15H10Cl3FO. The zero-order valence-corrected chi connectivity index (χ0v) is 12.6. The number of carbonyl (C=O) groups is 1. The predicted molar refractivity (Wildman–Crippen MR) is 80.3 cm³/mol. The zero-order valence-electron chi connectivity index (χ0n) is 10.3. The Morgan fingerprint density at radius 3 is 2.20 bits per heavy atom. The molecule has 0 unspecified atom stereocenters. The van der Waals surface area contributed by atoms with Crippen LogP contribution in [-0.2, 0) is 17.6 Å². The summed E-state index contributed by atoms with van der Waals surface area (Å²) in [6.07, 6.45) is 0.221. The number of hydrogen-bond acceptors (Lipinski definition) is 1. The predicted octanol–water partition coefficient (Wildman–Crippen LogP) is 5.14. The Bertz CT molecular complexity index is 635. The quantitative estimate of drug-likeness (QED) is 0.758. The fourth-order valence-electron chi connectivity index (χ4n) is 1.84. The van der Waals surface area contributed by atoms with Crippen LogP contribution >= 0.6 is 34.8 Å². The molecule has 0 N–H and O–H groups in total. The van der Waals surface area contributed by atoms with E-state index in [1.165, 1.54) is 12.1 Å². The first-order valence-electron chi connectivity index (χ1n) is 5.86. The third-order valence-corrected chi connectivity index (χ3v) is 3.84. The van der Waals surface area contributed by atoms with E-state index in [2.05, 4.69) is 0 Å². The van der Waals surface area contributed by atoms with Gasteiger partial charge in [-0.1, -0.05) is 46.9 Å². The number of Topliss-reactive ketones (excluding diaryl/α,β-unsaturated/α-hetero) is 1. The lowest BCUT2D eigenvalue weighted by Crippen LogP contribution is -2.07. The summed E-state index contributed by atoms with van der Waals surface area (Å²) in [4.78, 5) is 12.0. The van der Waals surface area contributed by atoms with E-state index < -0.39 is 5.82 Å². The topological polar surface area (TPSA) is 17.1 Å². The van der Waals surface area contributed by atoms with Crippen LogP contribution in [0.15, 0.2) is 36.4 Å². The first kappa shape index (κ1) is 15.3. The molecule has 0 amide bonds. The summed E-state index contributed by atoms with van der Waals surface area (Å²) in [5.41, 5.74) is 1.16. The van der Waals surface area contributed by atoms with E-state index in [0.29, 0.717) is 21.2 Å². The Morgan fingerprint density at radius 2 is 1.60 bits per heavy atom. The summed E-state index contributed by atoms with van der Waals surface area (Å²) >= 11 is 17.6. The van der Waals surface area contributed by atoms with Crippen LogP contribution in [-0.4, -0.2) is 5.78 Å². The van der Waals surface area contributed by atoms with Gasteiger partial charge in [0.2, 0.25) is 0 Å². The Balaban J connectivity index is 2.11. The lowest BCUT2D eigenvalue weighted by molar-refractivity contribution is -0.117. The molecule has 2 aromatic rings. The van der Waals surface area contributed by atoms with Crippen LogP contribution in [0.5, 0.6) is 0 Å². The van der Waals surface area contributed by atoms with Crippen LogP contribution in [0.2, 0.25) is 15.1 Å². The number of halogens is 4. The van der Waals surface area contributed by atoms with Crippen molar-refractivity contribution in [1.82, 2.24) is 0 Å². The molecule has 0 fully saturated rings. The fourth-order valence-corrected chi connectivity index (χ4v) is 2.49. The number of rotatable bonds is 4. The Kier molecular flexibility index (Phi) is 5.03. The highest BCUT2D eigenvalue weighted by molar-refractivity contribution is 6.36. The molecule has 0 aliphatic carbocycles. The number of benzene rings is 2. The van der Waals surface area contributed by atoms with Gasteiger partial charge in [-0.2, -0.15) is 0 Å². The standard InChI is InChI=1S/C15H10Cl3FO/c16-12-2-1-3-13(17)11(12)8-10(20)6-9-4-5-14(18)15(19)7-9/h1-5,7H,6,8H2. The Morgan fingerprint density at radius 1 is 0.950 bits per heavy atom. The van der Waals surface area contributed by atoms with Gasteiger partial charge >= 0.3 is 0 Å². The van der Waals surface area contributed by atoms with Crippen molar-refractivity contribution in [2.75, 3.05) is 0 Å². The van der Waals surface area contributed by atoms with Crippen molar-refractivity contribution in [3.05, 3.63) is 68.4 Å². The summed E-state index contributed by atoms with van der Waals surface area (Å²) in [5.74, 6) is -0.630. The normalized spacial score (nSPS) is 10.6. The van der Waals surface area contributed by atoms with Crippen LogP contribution in [0.4, 0.5) is 4.39 Å².